The molecule has 0 heterocycles. The molecule has 0 aromatic rings. The highest BCUT2D eigenvalue weighted by atomic mass is 28.4. The quantitative estimate of drug-likeness (QED) is 0.649. The average molecular weight is 285 g/mol. The van der Waals surface area contributed by atoms with Crippen LogP contribution in [0.25, 0.3) is 0 Å². The third kappa shape index (κ3) is 9.86. The van der Waals surface area contributed by atoms with E-state index in [0.717, 1.165) is 12.5 Å². The zero-order valence-electron chi connectivity index (χ0n) is 11.8. The summed E-state index contributed by atoms with van der Waals surface area (Å²) >= 11 is 0. The van der Waals surface area contributed by atoms with Gasteiger partial charge < -0.3 is 27.9 Å². The van der Waals surface area contributed by atoms with E-state index >= 15 is 0 Å². The van der Waals surface area contributed by atoms with Crippen LogP contribution in [0.1, 0.15) is 6.42 Å². The fraction of sp³-hybridized carbons (Fsp3) is 1.00. The molecule has 8 heteroatoms. The number of nitrogens with two attached hydrogens (primary N) is 1. The normalized spacial score (nSPS) is 11.3. The van der Waals surface area contributed by atoms with Gasteiger partial charge in [0.2, 0.25) is 0 Å². The largest absolute Gasteiger partial charge is 0.500 e. The Morgan fingerprint density at radius 2 is 1.35 bits per heavy atom. The van der Waals surface area contributed by atoms with Crippen LogP contribution in [-0.4, -0.2) is 60.2 Å². The maximum atomic E-state index is 5.36. The number of hydrogen-bond donors (Lipinski definition) is 1. The van der Waals surface area contributed by atoms with E-state index in [4.69, 9.17) is 27.9 Å². The van der Waals surface area contributed by atoms with E-state index < -0.39 is 18.1 Å². The molecule has 0 radical (unpaired) electrons. The lowest BCUT2D eigenvalue weighted by atomic mass is 10.5. The molecule has 0 aliphatic rings. The van der Waals surface area contributed by atoms with E-state index in [9.17, 15) is 0 Å². The highest BCUT2D eigenvalue weighted by Crippen LogP contribution is 2.13. The minimum Gasteiger partial charge on any atom is -0.400 e. The zero-order valence-corrected chi connectivity index (χ0v) is 14.0. The number of rotatable bonds is 8. The standard InChI is InChI=1S/C6H17NO3Si.C3H10O2Si/c1-8-11(9-2,10-3)6-4-5-7;1-4-6(3)5-2/h4-7H2,1-3H3;6H,1-3H3. The molecule has 0 aromatic heterocycles. The van der Waals surface area contributed by atoms with Gasteiger partial charge in [-0.3, -0.25) is 0 Å². The van der Waals surface area contributed by atoms with Gasteiger partial charge >= 0.3 is 18.1 Å². The molecule has 0 rings (SSSR count). The van der Waals surface area contributed by atoms with Crippen LogP contribution in [0.15, 0.2) is 0 Å². The first kappa shape index (κ1) is 19.5. The van der Waals surface area contributed by atoms with Crippen LogP contribution >= 0.6 is 0 Å². The van der Waals surface area contributed by atoms with Crippen LogP contribution < -0.4 is 5.73 Å². The Balaban J connectivity index is 0. The molecule has 0 atom stereocenters. The Morgan fingerprint density at radius 3 is 1.53 bits per heavy atom. The second-order valence-electron chi connectivity index (χ2n) is 3.23. The summed E-state index contributed by atoms with van der Waals surface area (Å²) in [6, 6.07) is 0.785. The summed E-state index contributed by atoms with van der Waals surface area (Å²) < 4.78 is 25.2. The van der Waals surface area contributed by atoms with Crippen LogP contribution in [-0.2, 0) is 22.1 Å². The zero-order chi connectivity index (χ0) is 13.7. The Labute approximate surface area is 108 Å². The van der Waals surface area contributed by atoms with Crippen molar-refractivity contribution < 1.29 is 22.1 Å². The van der Waals surface area contributed by atoms with E-state index in [1.165, 1.54) is 0 Å². The summed E-state index contributed by atoms with van der Waals surface area (Å²) in [5, 5.41) is 0. The van der Waals surface area contributed by atoms with E-state index in [-0.39, 0.29) is 0 Å². The molecule has 0 amide bonds. The first-order valence-corrected chi connectivity index (χ1v) is 9.49. The molecule has 0 saturated heterocycles. The van der Waals surface area contributed by atoms with Crippen molar-refractivity contribution in [3.63, 3.8) is 0 Å². The van der Waals surface area contributed by atoms with E-state index in [2.05, 4.69) is 0 Å². The Morgan fingerprint density at radius 1 is 0.941 bits per heavy atom. The summed E-state index contributed by atoms with van der Waals surface area (Å²) in [6.45, 7) is 2.62. The SMILES string of the molecule is CO[SiH](C)OC.CO[Si](CCCN)(OC)OC. The van der Waals surface area contributed by atoms with Gasteiger partial charge in [-0.15, -0.1) is 0 Å². The lowest BCUT2D eigenvalue weighted by molar-refractivity contribution is 0.123. The lowest BCUT2D eigenvalue weighted by Gasteiger charge is -2.23. The second kappa shape index (κ2) is 12.6. The summed E-state index contributed by atoms with van der Waals surface area (Å²) in [7, 11) is 4.68. The molecular formula is C9H27NO5Si2. The molecule has 0 bridgehead atoms. The Bertz CT molecular complexity index is 148. The van der Waals surface area contributed by atoms with Gasteiger partial charge in [0, 0.05) is 41.6 Å². The van der Waals surface area contributed by atoms with E-state index in [1.807, 2.05) is 6.55 Å². The van der Waals surface area contributed by atoms with Crippen molar-refractivity contribution in [1.29, 1.82) is 0 Å². The second-order valence-corrected chi connectivity index (χ2v) is 8.40. The summed E-state index contributed by atoms with van der Waals surface area (Å²) in [6.07, 6.45) is 0.877. The third-order valence-electron chi connectivity index (χ3n) is 2.28. The fourth-order valence-electron chi connectivity index (χ4n) is 0.971. The third-order valence-corrected chi connectivity index (χ3v) is 6.44. The molecule has 0 spiro atoms. The van der Waals surface area contributed by atoms with Crippen molar-refractivity contribution >= 4 is 18.1 Å². The molecule has 6 nitrogen and oxygen atoms in total. The maximum Gasteiger partial charge on any atom is 0.500 e. The first-order valence-electron chi connectivity index (χ1n) is 5.46. The average Bonchev–Trinajstić information content (AvgIpc) is 2.41. The molecular weight excluding hydrogens is 258 g/mol. The lowest BCUT2D eigenvalue weighted by Crippen LogP contribution is -2.42. The van der Waals surface area contributed by atoms with Crippen LogP contribution in [0.5, 0.6) is 0 Å². The van der Waals surface area contributed by atoms with Crippen molar-refractivity contribution in [2.24, 2.45) is 5.73 Å². The van der Waals surface area contributed by atoms with Gasteiger partial charge in [0.25, 0.3) is 0 Å². The van der Waals surface area contributed by atoms with Crippen LogP contribution in [0.4, 0.5) is 0 Å². The van der Waals surface area contributed by atoms with E-state index in [0.29, 0.717) is 6.54 Å². The highest BCUT2D eigenvalue weighted by Gasteiger charge is 2.36. The predicted octanol–water partition coefficient (Wildman–Crippen LogP) is 0.343. The summed E-state index contributed by atoms with van der Waals surface area (Å²) in [4.78, 5) is 0. The van der Waals surface area contributed by atoms with Crippen molar-refractivity contribution in [3.05, 3.63) is 0 Å². The van der Waals surface area contributed by atoms with Crippen LogP contribution in [0.2, 0.25) is 12.6 Å². The van der Waals surface area contributed by atoms with Crippen LogP contribution in [0.3, 0.4) is 0 Å². The molecule has 0 aliphatic carbocycles. The van der Waals surface area contributed by atoms with Crippen molar-refractivity contribution in [2.45, 2.75) is 19.0 Å². The topological polar surface area (TPSA) is 72.2 Å². The minimum atomic E-state index is -2.32. The fourth-order valence-corrected chi connectivity index (χ4v) is 2.91. The maximum absolute atomic E-state index is 5.36. The van der Waals surface area contributed by atoms with Gasteiger partial charge in [0.1, 0.15) is 0 Å². The predicted molar refractivity (Wildman–Crippen MR) is 72.3 cm³/mol. The van der Waals surface area contributed by atoms with Crippen molar-refractivity contribution in [2.75, 3.05) is 42.1 Å². The van der Waals surface area contributed by atoms with Gasteiger partial charge in [-0.2, -0.15) is 0 Å². The van der Waals surface area contributed by atoms with Crippen LogP contribution in [0, 0.1) is 0 Å². The molecule has 0 unspecified atom stereocenters. The molecule has 0 saturated carbocycles. The molecule has 106 valence electrons. The first-order chi connectivity index (χ1) is 8.05. The van der Waals surface area contributed by atoms with Gasteiger partial charge in [-0.25, -0.2) is 0 Å². The minimum absolute atomic E-state index is 0.644. The van der Waals surface area contributed by atoms with Crippen molar-refractivity contribution in [1.82, 2.24) is 0 Å². The Hall–Kier alpha value is 0.194. The molecule has 0 fully saturated rings. The summed E-state index contributed by atoms with van der Waals surface area (Å²) in [5.74, 6) is 0. The molecule has 0 aromatic carbocycles. The van der Waals surface area contributed by atoms with Gasteiger partial charge in [0.15, 0.2) is 0 Å². The Kier molecular flexibility index (Phi) is 14.5. The van der Waals surface area contributed by atoms with Crippen molar-refractivity contribution in [3.8, 4) is 0 Å². The van der Waals surface area contributed by atoms with Gasteiger partial charge in [-0.05, 0) is 19.5 Å². The summed E-state index contributed by atoms with van der Waals surface area (Å²) in [5.41, 5.74) is 5.36. The smallest absolute Gasteiger partial charge is 0.400 e. The monoisotopic (exact) mass is 285 g/mol. The molecule has 17 heavy (non-hydrogen) atoms. The van der Waals surface area contributed by atoms with Gasteiger partial charge in [-0.1, -0.05) is 0 Å². The van der Waals surface area contributed by atoms with Gasteiger partial charge in [0.05, 0.1) is 0 Å². The number of hydrogen-bond acceptors (Lipinski definition) is 6. The highest BCUT2D eigenvalue weighted by molar-refractivity contribution is 6.60. The molecule has 0 aliphatic heterocycles. The molecule has 2 N–H and O–H groups in total. The van der Waals surface area contributed by atoms with E-state index in [1.54, 1.807) is 35.5 Å².